The third-order valence-corrected chi connectivity index (χ3v) is 5.95. The molecule has 5 nitrogen and oxygen atoms in total. The molecule has 5 heteroatoms. The van der Waals surface area contributed by atoms with E-state index in [0.717, 1.165) is 30.3 Å². The van der Waals surface area contributed by atoms with E-state index in [1.807, 2.05) is 42.7 Å². The van der Waals surface area contributed by atoms with Crippen molar-refractivity contribution in [1.82, 2.24) is 19.7 Å². The zero-order valence-corrected chi connectivity index (χ0v) is 14.0. The van der Waals surface area contributed by atoms with Crippen molar-refractivity contribution in [3.63, 3.8) is 0 Å². The Bertz CT molecular complexity index is 902. The highest BCUT2D eigenvalue weighted by Crippen LogP contribution is 2.56. The Kier molecular flexibility index (Phi) is 3.17. The number of pyridine rings is 1. The first-order valence-corrected chi connectivity index (χ1v) is 8.90. The second kappa shape index (κ2) is 5.41. The highest BCUT2D eigenvalue weighted by atomic mass is 16.2. The van der Waals surface area contributed by atoms with Crippen molar-refractivity contribution in [3.05, 3.63) is 60.6 Å². The standard InChI is InChI=1S/C20H20N4O/c25-19(14-23-13-15-4-1-2-6-18(15)22-23)24-11-8-16-7-9-20(16,24)17-5-3-10-21-12-17/h1-6,10,12-13,16H,7-9,11,14H2/t16-,20-/m0/s1. The lowest BCUT2D eigenvalue weighted by molar-refractivity contribution is -0.141. The number of hydrogen-bond acceptors (Lipinski definition) is 3. The molecule has 0 unspecified atom stereocenters. The Morgan fingerprint density at radius 1 is 1.20 bits per heavy atom. The van der Waals surface area contributed by atoms with Crippen LogP contribution in [-0.2, 0) is 16.9 Å². The average Bonchev–Trinajstić information content (AvgIpc) is 3.13. The monoisotopic (exact) mass is 332 g/mol. The van der Waals surface area contributed by atoms with Crippen LogP contribution in [0.1, 0.15) is 24.8 Å². The van der Waals surface area contributed by atoms with Crippen molar-refractivity contribution in [1.29, 1.82) is 0 Å². The molecule has 0 bridgehead atoms. The molecule has 25 heavy (non-hydrogen) atoms. The Hall–Kier alpha value is -2.69. The first-order valence-electron chi connectivity index (χ1n) is 8.90. The molecule has 0 spiro atoms. The van der Waals surface area contributed by atoms with E-state index in [1.54, 1.807) is 10.9 Å². The summed E-state index contributed by atoms with van der Waals surface area (Å²) >= 11 is 0. The predicted octanol–water partition coefficient (Wildman–Crippen LogP) is 2.97. The number of aromatic nitrogens is 3. The van der Waals surface area contributed by atoms with E-state index in [0.29, 0.717) is 12.5 Å². The molecule has 3 heterocycles. The zero-order chi connectivity index (χ0) is 16.9. The number of hydrogen-bond donors (Lipinski definition) is 0. The molecule has 1 amide bonds. The van der Waals surface area contributed by atoms with Gasteiger partial charge in [0, 0.05) is 30.5 Å². The summed E-state index contributed by atoms with van der Waals surface area (Å²) in [6.07, 6.45) is 9.00. The van der Waals surface area contributed by atoms with Crippen LogP contribution in [0.4, 0.5) is 0 Å². The third-order valence-electron chi connectivity index (χ3n) is 5.95. The molecule has 0 radical (unpaired) electrons. The molecule has 1 aliphatic heterocycles. The molecule has 1 saturated heterocycles. The van der Waals surface area contributed by atoms with Gasteiger partial charge in [0.15, 0.2) is 0 Å². The Morgan fingerprint density at radius 3 is 2.88 bits per heavy atom. The average molecular weight is 332 g/mol. The van der Waals surface area contributed by atoms with Gasteiger partial charge in [0.1, 0.15) is 6.54 Å². The van der Waals surface area contributed by atoms with Gasteiger partial charge in [-0.15, -0.1) is 0 Å². The van der Waals surface area contributed by atoms with Crippen LogP contribution in [0.15, 0.2) is 55.0 Å². The van der Waals surface area contributed by atoms with Crippen LogP contribution < -0.4 is 0 Å². The van der Waals surface area contributed by atoms with E-state index >= 15 is 0 Å². The van der Waals surface area contributed by atoms with Crippen molar-refractivity contribution in [2.24, 2.45) is 5.92 Å². The molecular weight excluding hydrogens is 312 g/mol. The van der Waals surface area contributed by atoms with Gasteiger partial charge in [0.25, 0.3) is 0 Å². The Morgan fingerprint density at radius 2 is 2.12 bits per heavy atom. The summed E-state index contributed by atoms with van der Waals surface area (Å²) < 4.78 is 1.77. The fourth-order valence-corrected chi connectivity index (χ4v) is 4.67. The maximum absolute atomic E-state index is 13.1. The lowest BCUT2D eigenvalue weighted by atomic mass is 9.64. The fourth-order valence-electron chi connectivity index (χ4n) is 4.67. The third kappa shape index (κ3) is 2.11. The number of likely N-dealkylation sites (tertiary alicyclic amines) is 1. The van der Waals surface area contributed by atoms with Gasteiger partial charge in [-0.2, -0.15) is 5.10 Å². The van der Waals surface area contributed by atoms with Gasteiger partial charge in [-0.25, -0.2) is 0 Å². The van der Waals surface area contributed by atoms with Crippen molar-refractivity contribution in [2.75, 3.05) is 6.54 Å². The van der Waals surface area contributed by atoms with E-state index in [4.69, 9.17) is 0 Å². The maximum atomic E-state index is 13.1. The van der Waals surface area contributed by atoms with Crippen molar-refractivity contribution in [3.8, 4) is 0 Å². The number of fused-ring (bicyclic) bond motifs is 2. The fraction of sp³-hybridized carbons (Fsp3) is 0.350. The SMILES string of the molecule is O=C(Cn1cc2ccccc2n1)N1CC[C@@H]2CC[C@@]21c1cccnc1. The molecule has 3 aromatic rings. The van der Waals surface area contributed by atoms with Crippen LogP contribution in [0.2, 0.25) is 0 Å². The molecule has 5 rings (SSSR count). The molecule has 2 aromatic heterocycles. The Labute approximate surface area is 146 Å². The number of carbonyl (C=O) groups excluding carboxylic acids is 1. The van der Waals surface area contributed by atoms with E-state index in [9.17, 15) is 4.79 Å². The van der Waals surface area contributed by atoms with Crippen LogP contribution in [-0.4, -0.2) is 32.1 Å². The highest BCUT2D eigenvalue weighted by molar-refractivity contribution is 5.80. The van der Waals surface area contributed by atoms with Crippen molar-refractivity contribution in [2.45, 2.75) is 31.3 Å². The number of amides is 1. The quantitative estimate of drug-likeness (QED) is 0.741. The topological polar surface area (TPSA) is 51.0 Å². The van der Waals surface area contributed by atoms with Gasteiger partial charge in [-0.3, -0.25) is 14.5 Å². The number of carbonyl (C=O) groups is 1. The van der Waals surface area contributed by atoms with Crippen molar-refractivity contribution < 1.29 is 4.79 Å². The zero-order valence-electron chi connectivity index (χ0n) is 14.0. The van der Waals surface area contributed by atoms with Gasteiger partial charge in [0.2, 0.25) is 5.91 Å². The minimum absolute atomic E-state index is 0.141. The molecule has 2 aliphatic rings. The summed E-state index contributed by atoms with van der Waals surface area (Å²) in [5.41, 5.74) is 1.97. The van der Waals surface area contributed by atoms with Crippen LogP contribution >= 0.6 is 0 Å². The lowest BCUT2D eigenvalue weighted by Crippen LogP contribution is -2.54. The van der Waals surface area contributed by atoms with Crippen LogP contribution in [0.3, 0.4) is 0 Å². The molecule has 1 aliphatic carbocycles. The van der Waals surface area contributed by atoms with Crippen LogP contribution in [0, 0.1) is 5.92 Å². The molecule has 1 saturated carbocycles. The molecule has 0 N–H and O–H groups in total. The number of rotatable bonds is 3. The first kappa shape index (κ1) is 14.6. The van der Waals surface area contributed by atoms with Crippen LogP contribution in [0.5, 0.6) is 0 Å². The second-order valence-corrected chi connectivity index (χ2v) is 7.12. The second-order valence-electron chi connectivity index (χ2n) is 7.12. The van der Waals surface area contributed by atoms with E-state index in [-0.39, 0.29) is 11.4 Å². The van der Waals surface area contributed by atoms with Gasteiger partial charge in [-0.1, -0.05) is 24.3 Å². The Balaban J connectivity index is 1.44. The maximum Gasteiger partial charge on any atom is 0.245 e. The van der Waals surface area contributed by atoms with Crippen LogP contribution in [0.25, 0.3) is 10.9 Å². The minimum atomic E-state index is -0.141. The van der Waals surface area contributed by atoms with E-state index in [2.05, 4.69) is 21.0 Å². The summed E-state index contributed by atoms with van der Waals surface area (Å²) in [6.45, 7) is 1.13. The smallest absolute Gasteiger partial charge is 0.245 e. The molecule has 1 aromatic carbocycles. The molecule has 2 atom stereocenters. The summed E-state index contributed by atoms with van der Waals surface area (Å²) in [5.74, 6) is 0.719. The van der Waals surface area contributed by atoms with Gasteiger partial charge >= 0.3 is 0 Å². The predicted molar refractivity (Wildman–Crippen MR) is 94.7 cm³/mol. The summed E-state index contributed by atoms with van der Waals surface area (Å²) in [4.78, 5) is 19.5. The summed E-state index contributed by atoms with van der Waals surface area (Å²) in [7, 11) is 0. The summed E-state index contributed by atoms with van der Waals surface area (Å²) in [6, 6.07) is 12.1. The minimum Gasteiger partial charge on any atom is -0.331 e. The highest BCUT2D eigenvalue weighted by Gasteiger charge is 2.57. The number of nitrogens with zero attached hydrogens (tertiary/aromatic N) is 4. The normalized spacial score (nSPS) is 25.0. The van der Waals surface area contributed by atoms with Gasteiger partial charge in [-0.05, 0) is 42.9 Å². The lowest BCUT2D eigenvalue weighted by Gasteiger charge is -2.50. The number of benzene rings is 1. The first-order chi connectivity index (χ1) is 12.3. The summed E-state index contributed by atoms with van der Waals surface area (Å²) in [5, 5.41) is 5.61. The van der Waals surface area contributed by atoms with Gasteiger partial charge in [0.05, 0.1) is 11.1 Å². The molecule has 126 valence electrons. The molecular formula is C20H20N4O. The largest absolute Gasteiger partial charge is 0.331 e. The molecule has 2 fully saturated rings. The van der Waals surface area contributed by atoms with Crippen molar-refractivity contribution >= 4 is 16.8 Å². The van der Waals surface area contributed by atoms with E-state index < -0.39 is 0 Å². The van der Waals surface area contributed by atoms with Gasteiger partial charge < -0.3 is 4.90 Å². The van der Waals surface area contributed by atoms with E-state index in [1.165, 1.54) is 12.0 Å².